The number of nitro benzene ring substituents is 1. The van der Waals surface area contributed by atoms with Crippen molar-refractivity contribution in [2.24, 2.45) is 0 Å². The third kappa shape index (κ3) is 3.84. The molecule has 0 aliphatic heterocycles. The lowest BCUT2D eigenvalue weighted by Gasteiger charge is -2.23. The van der Waals surface area contributed by atoms with Crippen molar-refractivity contribution in [1.82, 2.24) is 0 Å². The molecule has 0 radical (unpaired) electrons. The predicted octanol–water partition coefficient (Wildman–Crippen LogP) is 3.65. The zero-order chi connectivity index (χ0) is 14.3. The van der Waals surface area contributed by atoms with Crippen molar-refractivity contribution < 1.29 is 4.92 Å². The molecule has 0 fully saturated rings. The summed E-state index contributed by atoms with van der Waals surface area (Å²) in [4.78, 5) is 13.1. The second-order valence-electron chi connectivity index (χ2n) is 4.39. The number of nitrogens with one attached hydrogen (secondary N) is 1. The minimum Gasteiger partial charge on any atom is -0.380 e. The molecular formula is C14H23N3O2. The van der Waals surface area contributed by atoms with E-state index >= 15 is 0 Å². The fourth-order valence-electron chi connectivity index (χ4n) is 2.11. The molecule has 0 bridgehead atoms. The highest BCUT2D eigenvalue weighted by Crippen LogP contribution is 2.35. The van der Waals surface area contributed by atoms with Crippen LogP contribution in [0.2, 0.25) is 0 Å². The summed E-state index contributed by atoms with van der Waals surface area (Å²) in [7, 11) is 0. The van der Waals surface area contributed by atoms with Gasteiger partial charge in [0.1, 0.15) is 11.4 Å². The first-order chi connectivity index (χ1) is 9.15. The van der Waals surface area contributed by atoms with Gasteiger partial charge in [-0.2, -0.15) is 0 Å². The topological polar surface area (TPSA) is 58.4 Å². The average molecular weight is 265 g/mol. The number of nitro groups is 1. The molecule has 5 nitrogen and oxygen atoms in total. The molecule has 0 atom stereocenters. The molecule has 0 aromatic heterocycles. The highest BCUT2D eigenvalue weighted by atomic mass is 16.6. The summed E-state index contributed by atoms with van der Waals surface area (Å²) in [6.07, 6.45) is 2.12. The van der Waals surface area contributed by atoms with E-state index < -0.39 is 0 Å². The summed E-state index contributed by atoms with van der Waals surface area (Å²) in [5.74, 6) is 0. The molecule has 1 aromatic rings. The van der Waals surface area contributed by atoms with Crippen LogP contribution in [0.1, 0.15) is 33.6 Å². The summed E-state index contributed by atoms with van der Waals surface area (Å²) >= 11 is 0. The van der Waals surface area contributed by atoms with Crippen LogP contribution in [0.25, 0.3) is 0 Å². The number of unbranched alkanes of at least 4 members (excludes halogenated alkanes) is 1. The van der Waals surface area contributed by atoms with Crippen molar-refractivity contribution >= 4 is 17.1 Å². The number of anilines is 2. The normalized spacial score (nSPS) is 10.3. The first-order valence-electron chi connectivity index (χ1n) is 6.91. The Morgan fingerprint density at radius 3 is 2.58 bits per heavy atom. The molecule has 106 valence electrons. The van der Waals surface area contributed by atoms with Crippen molar-refractivity contribution in [2.75, 3.05) is 29.9 Å². The van der Waals surface area contributed by atoms with E-state index in [9.17, 15) is 10.1 Å². The van der Waals surface area contributed by atoms with Crippen LogP contribution in [0.3, 0.4) is 0 Å². The van der Waals surface area contributed by atoms with Crippen LogP contribution < -0.4 is 10.2 Å². The van der Waals surface area contributed by atoms with E-state index in [0.717, 1.165) is 25.9 Å². The highest BCUT2D eigenvalue weighted by Gasteiger charge is 2.22. The van der Waals surface area contributed by atoms with Crippen LogP contribution in [0.4, 0.5) is 17.1 Å². The Balaban J connectivity index is 3.16. The van der Waals surface area contributed by atoms with Crippen molar-refractivity contribution in [3.8, 4) is 0 Å². The third-order valence-electron chi connectivity index (χ3n) is 3.07. The molecule has 0 heterocycles. The smallest absolute Gasteiger partial charge is 0.315 e. The molecular weight excluding hydrogens is 242 g/mol. The third-order valence-corrected chi connectivity index (χ3v) is 3.07. The fourth-order valence-corrected chi connectivity index (χ4v) is 2.11. The lowest BCUT2D eigenvalue weighted by molar-refractivity contribution is -0.383. The van der Waals surface area contributed by atoms with Gasteiger partial charge >= 0.3 is 5.69 Å². The van der Waals surface area contributed by atoms with Crippen LogP contribution in [0, 0.1) is 10.1 Å². The van der Waals surface area contributed by atoms with E-state index in [2.05, 4.69) is 17.1 Å². The Morgan fingerprint density at radius 2 is 2.05 bits per heavy atom. The predicted molar refractivity (Wildman–Crippen MR) is 80.1 cm³/mol. The molecule has 0 saturated carbocycles. The maximum atomic E-state index is 11.4. The Bertz CT molecular complexity index is 421. The summed E-state index contributed by atoms with van der Waals surface area (Å²) in [5.41, 5.74) is 1.49. The van der Waals surface area contributed by atoms with E-state index in [0.29, 0.717) is 17.9 Å². The first-order valence-corrected chi connectivity index (χ1v) is 6.91. The van der Waals surface area contributed by atoms with E-state index in [1.54, 1.807) is 6.07 Å². The van der Waals surface area contributed by atoms with Gasteiger partial charge in [-0.25, -0.2) is 0 Å². The van der Waals surface area contributed by atoms with E-state index in [4.69, 9.17) is 0 Å². The lowest BCUT2D eigenvalue weighted by Crippen LogP contribution is -2.25. The van der Waals surface area contributed by atoms with Gasteiger partial charge in [0.2, 0.25) is 0 Å². The van der Waals surface area contributed by atoms with E-state index in [1.165, 1.54) is 0 Å². The number of rotatable bonds is 8. The SMILES string of the molecule is CCCCN(CC)c1cccc(NCC)c1[N+](=O)[O-]. The summed E-state index contributed by atoms with van der Waals surface area (Å²) in [5, 5.41) is 14.4. The van der Waals surface area contributed by atoms with Crippen molar-refractivity contribution in [3.63, 3.8) is 0 Å². The first kappa shape index (κ1) is 15.3. The van der Waals surface area contributed by atoms with Crippen LogP contribution in [-0.4, -0.2) is 24.6 Å². The highest BCUT2D eigenvalue weighted by molar-refractivity contribution is 5.77. The lowest BCUT2D eigenvalue weighted by atomic mass is 10.2. The van der Waals surface area contributed by atoms with Gasteiger partial charge in [0.15, 0.2) is 0 Å². The van der Waals surface area contributed by atoms with Crippen LogP contribution >= 0.6 is 0 Å². The summed E-state index contributed by atoms with van der Waals surface area (Å²) < 4.78 is 0. The molecule has 1 rings (SSSR count). The monoisotopic (exact) mass is 265 g/mol. The molecule has 5 heteroatoms. The maximum absolute atomic E-state index is 11.4. The van der Waals surface area contributed by atoms with Crippen LogP contribution in [0.15, 0.2) is 18.2 Å². The average Bonchev–Trinajstić information content (AvgIpc) is 2.40. The van der Waals surface area contributed by atoms with Gasteiger partial charge < -0.3 is 10.2 Å². The van der Waals surface area contributed by atoms with Gasteiger partial charge in [-0.3, -0.25) is 10.1 Å². The van der Waals surface area contributed by atoms with Gasteiger partial charge in [0.05, 0.1) is 4.92 Å². The van der Waals surface area contributed by atoms with Crippen LogP contribution in [0.5, 0.6) is 0 Å². The summed E-state index contributed by atoms with van der Waals surface area (Å²) in [6.45, 7) is 8.38. The largest absolute Gasteiger partial charge is 0.380 e. The molecule has 0 amide bonds. The second kappa shape index (κ2) is 7.61. The zero-order valence-corrected chi connectivity index (χ0v) is 12.0. The number of hydrogen-bond acceptors (Lipinski definition) is 4. The molecule has 0 aliphatic carbocycles. The van der Waals surface area contributed by atoms with E-state index in [-0.39, 0.29) is 10.6 Å². The van der Waals surface area contributed by atoms with Gasteiger partial charge in [-0.15, -0.1) is 0 Å². The van der Waals surface area contributed by atoms with Gasteiger partial charge in [-0.1, -0.05) is 19.4 Å². The minimum absolute atomic E-state index is 0.183. The Morgan fingerprint density at radius 1 is 1.32 bits per heavy atom. The van der Waals surface area contributed by atoms with Gasteiger partial charge in [0.25, 0.3) is 0 Å². The second-order valence-corrected chi connectivity index (χ2v) is 4.39. The Hall–Kier alpha value is -1.78. The number of para-hydroxylation sites is 1. The number of nitrogens with zero attached hydrogens (tertiary/aromatic N) is 2. The molecule has 1 aromatic carbocycles. The molecule has 19 heavy (non-hydrogen) atoms. The van der Waals surface area contributed by atoms with Crippen molar-refractivity contribution in [2.45, 2.75) is 33.6 Å². The van der Waals surface area contributed by atoms with Crippen molar-refractivity contribution in [3.05, 3.63) is 28.3 Å². The van der Waals surface area contributed by atoms with E-state index in [1.807, 2.05) is 26.0 Å². The Labute approximate surface area is 114 Å². The molecule has 1 N–H and O–H groups in total. The molecule has 0 aliphatic rings. The molecule has 0 spiro atoms. The number of hydrogen-bond donors (Lipinski definition) is 1. The Kier molecular flexibility index (Phi) is 6.12. The quantitative estimate of drug-likeness (QED) is 0.575. The minimum atomic E-state index is -0.290. The van der Waals surface area contributed by atoms with Crippen molar-refractivity contribution in [1.29, 1.82) is 0 Å². The summed E-state index contributed by atoms with van der Waals surface area (Å²) in [6, 6.07) is 5.46. The molecule has 0 unspecified atom stereocenters. The standard InChI is InChI=1S/C14H23N3O2/c1-4-7-11-16(6-3)13-10-8-9-12(15-5-2)14(13)17(18)19/h8-10,15H,4-7,11H2,1-3H3. The number of benzene rings is 1. The molecule has 0 saturated heterocycles. The maximum Gasteiger partial charge on any atom is 0.315 e. The zero-order valence-electron chi connectivity index (χ0n) is 12.0. The van der Waals surface area contributed by atoms with Gasteiger partial charge in [0, 0.05) is 19.6 Å². The van der Waals surface area contributed by atoms with Crippen LogP contribution in [-0.2, 0) is 0 Å². The van der Waals surface area contributed by atoms with Gasteiger partial charge in [-0.05, 0) is 32.4 Å². The fraction of sp³-hybridized carbons (Fsp3) is 0.571.